The van der Waals surface area contributed by atoms with E-state index in [0.29, 0.717) is 23.8 Å². The molecule has 1 amide bonds. The first kappa shape index (κ1) is 15.6. The number of halogens is 1. The van der Waals surface area contributed by atoms with E-state index in [0.717, 1.165) is 11.1 Å². The minimum absolute atomic E-state index is 0.126. The van der Waals surface area contributed by atoms with Crippen LogP contribution >= 0.6 is 11.6 Å². The summed E-state index contributed by atoms with van der Waals surface area (Å²) in [6, 6.07) is 9.74. The van der Waals surface area contributed by atoms with Gasteiger partial charge in [0.05, 0.1) is 5.02 Å². The van der Waals surface area contributed by atoms with Crippen LogP contribution < -0.4 is 11.1 Å². The number of benzene rings is 1. The number of carbonyl (C=O) groups excluding carboxylic acids is 1. The zero-order valence-electron chi connectivity index (χ0n) is 12.3. The number of nitrogens with two attached hydrogens (primary N) is 1. The molecule has 1 aromatic heterocycles. The Morgan fingerprint density at radius 3 is 2.48 bits per heavy atom. The number of carbonyl (C=O) groups is 1. The summed E-state index contributed by atoms with van der Waals surface area (Å²) in [4.78, 5) is 12.3. The number of nitrogens with zero attached hydrogens (tertiary/aromatic N) is 1. The van der Waals surface area contributed by atoms with Crippen LogP contribution in [0.2, 0.25) is 5.02 Å². The number of rotatable bonds is 5. The van der Waals surface area contributed by atoms with Gasteiger partial charge in [-0.15, -0.1) is 0 Å². The first-order chi connectivity index (χ1) is 10.0. The largest absolute Gasteiger partial charge is 0.347 e. The molecule has 0 saturated heterocycles. The predicted molar refractivity (Wildman–Crippen MR) is 85.3 cm³/mol. The highest BCUT2D eigenvalue weighted by molar-refractivity contribution is 6.31. The fourth-order valence-corrected chi connectivity index (χ4v) is 2.33. The Hall–Kier alpha value is -1.78. The van der Waals surface area contributed by atoms with Crippen LogP contribution in [0.15, 0.2) is 36.5 Å². The molecule has 0 saturated carbocycles. The molecule has 0 aliphatic rings. The van der Waals surface area contributed by atoms with Crippen LogP contribution in [0.5, 0.6) is 0 Å². The van der Waals surface area contributed by atoms with E-state index in [9.17, 15) is 4.79 Å². The van der Waals surface area contributed by atoms with Crippen LogP contribution in [0.25, 0.3) is 0 Å². The zero-order valence-corrected chi connectivity index (χ0v) is 13.0. The molecule has 0 aliphatic heterocycles. The summed E-state index contributed by atoms with van der Waals surface area (Å²) >= 11 is 5.99. The lowest BCUT2D eigenvalue weighted by Gasteiger charge is -2.12. The third-order valence-electron chi connectivity index (χ3n) is 3.32. The molecule has 2 aromatic rings. The Bertz CT molecular complexity index is 617. The Kier molecular flexibility index (Phi) is 5.04. The summed E-state index contributed by atoms with van der Waals surface area (Å²) < 4.78 is 1.87. The molecular formula is C16H20ClN3O. The van der Waals surface area contributed by atoms with Crippen molar-refractivity contribution in [2.45, 2.75) is 33.0 Å². The first-order valence-corrected chi connectivity index (χ1v) is 7.32. The SMILES string of the molecule is CC(C)n1cc(Cl)cc1C(=O)NCc1ccc(CN)cc1. The molecule has 1 aromatic carbocycles. The van der Waals surface area contributed by atoms with Crippen molar-refractivity contribution in [3.8, 4) is 0 Å². The number of hydrogen-bond acceptors (Lipinski definition) is 2. The van der Waals surface area contributed by atoms with Crippen LogP contribution in [-0.4, -0.2) is 10.5 Å². The van der Waals surface area contributed by atoms with Crippen molar-refractivity contribution in [2.24, 2.45) is 5.73 Å². The van der Waals surface area contributed by atoms with Crippen molar-refractivity contribution in [1.29, 1.82) is 0 Å². The van der Waals surface area contributed by atoms with Gasteiger partial charge in [0.1, 0.15) is 5.69 Å². The maximum atomic E-state index is 12.3. The first-order valence-electron chi connectivity index (χ1n) is 6.94. The molecule has 5 heteroatoms. The highest BCUT2D eigenvalue weighted by atomic mass is 35.5. The maximum absolute atomic E-state index is 12.3. The molecule has 2 rings (SSSR count). The van der Waals surface area contributed by atoms with Gasteiger partial charge >= 0.3 is 0 Å². The molecular weight excluding hydrogens is 286 g/mol. The summed E-state index contributed by atoms with van der Waals surface area (Å²) in [6.45, 7) is 5.02. The minimum Gasteiger partial charge on any atom is -0.347 e. The van der Waals surface area contributed by atoms with Gasteiger partial charge in [0.2, 0.25) is 0 Å². The number of hydrogen-bond donors (Lipinski definition) is 2. The van der Waals surface area contributed by atoms with E-state index in [2.05, 4.69) is 5.32 Å². The lowest BCUT2D eigenvalue weighted by atomic mass is 10.1. The summed E-state index contributed by atoms with van der Waals surface area (Å²) in [5.74, 6) is -0.126. The second-order valence-corrected chi connectivity index (χ2v) is 5.68. The van der Waals surface area contributed by atoms with Crippen LogP contribution in [0.1, 0.15) is 41.5 Å². The van der Waals surface area contributed by atoms with Gasteiger partial charge in [-0.1, -0.05) is 35.9 Å². The quantitative estimate of drug-likeness (QED) is 0.891. The normalized spacial score (nSPS) is 10.9. The third-order valence-corrected chi connectivity index (χ3v) is 3.52. The fourth-order valence-electron chi connectivity index (χ4n) is 2.12. The Labute approximate surface area is 129 Å². The molecule has 112 valence electrons. The average Bonchev–Trinajstić information content (AvgIpc) is 2.87. The number of aromatic nitrogens is 1. The van der Waals surface area contributed by atoms with E-state index < -0.39 is 0 Å². The second kappa shape index (κ2) is 6.78. The van der Waals surface area contributed by atoms with Crippen molar-refractivity contribution in [3.05, 3.63) is 58.4 Å². The van der Waals surface area contributed by atoms with E-state index >= 15 is 0 Å². The maximum Gasteiger partial charge on any atom is 0.268 e. The molecule has 0 unspecified atom stereocenters. The van der Waals surface area contributed by atoms with E-state index in [1.807, 2.05) is 42.7 Å². The number of amides is 1. The van der Waals surface area contributed by atoms with Crippen molar-refractivity contribution in [3.63, 3.8) is 0 Å². The van der Waals surface area contributed by atoms with E-state index in [1.54, 1.807) is 12.3 Å². The van der Waals surface area contributed by atoms with Gasteiger partial charge in [-0.25, -0.2) is 0 Å². The van der Waals surface area contributed by atoms with Crippen molar-refractivity contribution < 1.29 is 4.79 Å². The standard InChI is InChI=1S/C16H20ClN3O/c1-11(2)20-10-14(17)7-15(20)16(21)19-9-13-5-3-12(8-18)4-6-13/h3-7,10-11H,8-9,18H2,1-2H3,(H,19,21). The third kappa shape index (κ3) is 3.86. The molecule has 1 heterocycles. The van der Waals surface area contributed by atoms with E-state index in [-0.39, 0.29) is 11.9 Å². The molecule has 0 spiro atoms. The highest BCUT2D eigenvalue weighted by Gasteiger charge is 2.14. The smallest absolute Gasteiger partial charge is 0.268 e. The predicted octanol–water partition coefficient (Wildman–Crippen LogP) is 3.11. The zero-order chi connectivity index (χ0) is 15.4. The van der Waals surface area contributed by atoms with Gasteiger partial charge in [0.25, 0.3) is 5.91 Å². The van der Waals surface area contributed by atoms with Crippen LogP contribution in [0, 0.1) is 0 Å². The van der Waals surface area contributed by atoms with Crippen LogP contribution in [-0.2, 0) is 13.1 Å². The van der Waals surface area contributed by atoms with E-state index in [4.69, 9.17) is 17.3 Å². The molecule has 0 atom stereocenters. The van der Waals surface area contributed by atoms with Crippen molar-refractivity contribution in [1.82, 2.24) is 9.88 Å². The average molecular weight is 306 g/mol. The highest BCUT2D eigenvalue weighted by Crippen LogP contribution is 2.18. The van der Waals surface area contributed by atoms with Gasteiger partial charge in [-0.05, 0) is 31.0 Å². The van der Waals surface area contributed by atoms with Crippen LogP contribution in [0.4, 0.5) is 0 Å². The molecule has 0 aliphatic carbocycles. The van der Waals surface area contributed by atoms with Gasteiger partial charge in [0, 0.05) is 25.3 Å². The summed E-state index contributed by atoms with van der Waals surface area (Å²) in [5.41, 5.74) is 8.25. The molecule has 0 radical (unpaired) electrons. The van der Waals surface area contributed by atoms with Gasteiger partial charge in [-0.3, -0.25) is 4.79 Å². The molecule has 0 fully saturated rings. The lowest BCUT2D eigenvalue weighted by Crippen LogP contribution is -2.25. The van der Waals surface area contributed by atoms with Crippen molar-refractivity contribution in [2.75, 3.05) is 0 Å². The summed E-state index contributed by atoms with van der Waals surface area (Å²) in [6.07, 6.45) is 1.77. The Morgan fingerprint density at radius 1 is 1.29 bits per heavy atom. The Balaban J connectivity index is 2.04. The van der Waals surface area contributed by atoms with Gasteiger partial charge in [0.15, 0.2) is 0 Å². The topological polar surface area (TPSA) is 60.0 Å². The molecule has 0 bridgehead atoms. The number of nitrogens with one attached hydrogen (secondary N) is 1. The molecule has 21 heavy (non-hydrogen) atoms. The Morgan fingerprint density at radius 2 is 1.90 bits per heavy atom. The lowest BCUT2D eigenvalue weighted by molar-refractivity contribution is 0.0940. The second-order valence-electron chi connectivity index (χ2n) is 5.25. The minimum atomic E-state index is -0.126. The summed E-state index contributed by atoms with van der Waals surface area (Å²) in [5, 5.41) is 3.48. The van der Waals surface area contributed by atoms with Crippen LogP contribution in [0.3, 0.4) is 0 Å². The monoisotopic (exact) mass is 305 g/mol. The van der Waals surface area contributed by atoms with Crippen molar-refractivity contribution >= 4 is 17.5 Å². The molecule has 4 nitrogen and oxygen atoms in total. The van der Waals surface area contributed by atoms with Gasteiger partial charge in [-0.2, -0.15) is 0 Å². The fraction of sp³-hybridized carbons (Fsp3) is 0.312. The van der Waals surface area contributed by atoms with E-state index in [1.165, 1.54) is 0 Å². The summed E-state index contributed by atoms with van der Waals surface area (Å²) in [7, 11) is 0. The van der Waals surface area contributed by atoms with Gasteiger partial charge < -0.3 is 15.6 Å². The molecule has 3 N–H and O–H groups in total.